The van der Waals surface area contributed by atoms with Crippen LogP contribution >= 0.6 is 0 Å². The lowest BCUT2D eigenvalue weighted by atomic mass is 10.00. The summed E-state index contributed by atoms with van der Waals surface area (Å²) in [6, 6.07) is 8.09. The molecule has 3 rings (SSSR count). The molecule has 2 heterocycles. The zero-order valence-corrected chi connectivity index (χ0v) is 12.7. The molecule has 0 bridgehead atoms. The van der Waals surface area contributed by atoms with Gasteiger partial charge in [-0.15, -0.1) is 0 Å². The average Bonchev–Trinajstić information content (AvgIpc) is 2.75. The highest BCUT2D eigenvalue weighted by Gasteiger charge is 2.35. The number of rotatable bonds is 2. The zero-order chi connectivity index (χ0) is 14.5. The monoisotopic (exact) mass is 293 g/mol. The number of nitrogens with zero attached hydrogens (tertiary/aromatic N) is 2. The summed E-state index contributed by atoms with van der Waals surface area (Å²) in [5.41, 5.74) is 3.34. The molecule has 1 aliphatic rings. The van der Waals surface area contributed by atoms with E-state index in [0.717, 1.165) is 17.6 Å². The number of nitrogens with one attached hydrogen (secondary N) is 1. The Morgan fingerprint density at radius 2 is 2.00 bits per heavy atom. The SMILES string of the molecule is C[C@@H]1Cc2c([nH]c3ccccc23)CN1S(=O)(=O)N(C)C. The molecule has 1 aromatic carbocycles. The summed E-state index contributed by atoms with van der Waals surface area (Å²) < 4.78 is 27.6. The minimum atomic E-state index is -3.38. The minimum Gasteiger partial charge on any atom is -0.357 e. The summed E-state index contributed by atoms with van der Waals surface area (Å²) in [6.07, 6.45) is 0.742. The molecule has 0 saturated carbocycles. The van der Waals surface area contributed by atoms with Crippen molar-refractivity contribution in [2.75, 3.05) is 14.1 Å². The molecule has 0 saturated heterocycles. The van der Waals surface area contributed by atoms with Gasteiger partial charge in [0.2, 0.25) is 0 Å². The largest absolute Gasteiger partial charge is 0.357 e. The highest BCUT2D eigenvalue weighted by atomic mass is 32.2. The van der Waals surface area contributed by atoms with Crippen LogP contribution in [0.4, 0.5) is 0 Å². The Morgan fingerprint density at radius 1 is 1.30 bits per heavy atom. The quantitative estimate of drug-likeness (QED) is 0.916. The maximum atomic E-state index is 12.4. The molecular formula is C14H19N3O2S. The van der Waals surface area contributed by atoms with E-state index in [9.17, 15) is 8.42 Å². The van der Waals surface area contributed by atoms with Crippen molar-refractivity contribution in [2.45, 2.75) is 25.9 Å². The van der Waals surface area contributed by atoms with E-state index in [1.165, 1.54) is 15.3 Å². The Labute approximate surface area is 119 Å². The summed E-state index contributed by atoms with van der Waals surface area (Å²) in [4.78, 5) is 3.35. The smallest absolute Gasteiger partial charge is 0.282 e. The molecule has 1 atom stereocenters. The second-order valence-electron chi connectivity index (χ2n) is 5.52. The fraction of sp³-hybridized carbons (Fsp3) is 0.429. The van der Waals surface area contributed by atoms with Gasteiger partial charge in [0.25, 0.3) is 10.2 Å². The molecular weight excluding hydrogens is 274 g/mol. The minimum absolute atomic E-state index is 0.0332. The number of H-pyrrole nitrogens is 1. The van der Waals surface area contributed by atoms with E-state index in [1.54, 1.807) is 18.4 Å². The van der Waals surface area contributed by atoms with Gasteiger partial charge in [-0.25, -0.2) is 0 Å². The van der Waals surface area contributed by atoms with Crippen LogP contribution in [0.15, 0.2) is 24.3 Å². The van der Waals surface area contributed by atoms with E-state index in [1.807, 2.05) is 25.1 Å². The molecule has 0 aliphatic carbocycles. The summed E-state index contributed by atoms with van der Waals surface area (Å²) in [5.74, 6) is 0. The van der Waals surface area contributed by atoms with Gasteiger partial charge in [-0.1, -0.05) is 18.2 Å². The maximum Gasteiger partial charge on any atom is 0.282 e. The van der Waals surface area contributed by atoms with Gasteiger partial charge in [-0.05, 0) is 25.0 Å². The number of benzene rings is 1. The lowest BCUT2D eigenvalue weighted by Gasteiger charge is -2.34. The van der Waals surface area contributed by atoms with Crippen LogP contribution in [0.2, 0.25) is 0 Å². The van der Waals surface area contributed by atoms with Crippen LogP contribution in [0.5, 0.6) is 0 Å². The Hall–Kier alpha value is -1.37. The van der Waals surface area contributed by atoms with Crippen molar-refractivity contribution in [3.8, 4) is 0 Å². The standard InChI is InChI=1S/C14H19N3O2S/c1-10-8-12-11-6-4-5-7-13(11)15-14(12)9-17(10)20(18,19)16(2)3/h4-7,10,15H,8-9H2,1-3H3/t10-/m1/s1. The Kier molecular flexibility index (Phi) is 3.12. The van der Waals surface area contributed by atoms with Gasteiger partial charge >= 0.3 is 0 Å². The van der Waals surface area contributed by atoms with Gasteiger partial charge in [-0.2, -0.15) is 17.0 Å². The second kappa shape index (κ2) is 4.58. The van der Waals surface area contributed by atoms with Crippen LogP contribution in [0.25, 0.3) is 10.9 Å². The number of aromatic amines is 1. The van der Waals surface area contributed by atoms with Crippen LogP contribution in [0, 0.1) is 0 Å². The van der Waals surface area contributed by atoms with E-state index in [2.05, 4.69) is 11.1 Å². The molecule has 5 nitrogen and oxygen atoms in total. The average molecular weight is 293 g/mol. The first-order chi connectivity index (χ1) is 9.41. The lowest BCUT2D eigenvalue weighted by molar-refractivity contribution is 0.288. The van der Waals surface area contributed by atoms with Crippen LogP contribution in [-0.2, 0) is 23.2 Å². The highest BCUT2D eigenvalue weighted by molar-refractivity contribution is 7.86. The highest BCUT2D eigenvalue weighted by Crippen LogP contribution is 2.31. The molecule has 6 heteroatoms. The number of hydrogen-bond acceptors (Lipinski definition) is 2. The topological polar surface area (TPSA) is 56.4 Å². The fourth-order valence-corrected chi connectivity index (χ4v) is 4.09. The first kappa shape index (κ1) is 13.6. The van der Waals surface area contributed by atoms with E-state index >= 15 is 0 Å². The summed E-state index contributed by atoms with van der Waals surface area (Å²) in [5, 5.41) is 1.20. The van der Waals surface area contributed by atoms with Gasteiger partial charge in [0.15, 0.2) is 0 Å². The van der Waals surface area contributed by atoms with Gasteiger partial charge < -0.3 is 4.98 Å². The molecule has 0 fully saturated rings. The number of fused-ring (bicyclic) bond motifs is 3. The second-order valence-corrected chi connectivity index (χ2v) is 7.61. The van der Waals surface area contributed by atoms with E-state index < -0.39 is 10.2 Å². The Balaban J connectivity index is 2.07. The third-order valence-corrected chi connectivity index (χ3v) is 5.97. The summed E-state index contributed by atoms with van der Waals surface area (Å²) in [7, 11) is -0.238. The molecule has 0 amide bonds. The third-order valence-electron chi connectivity index (χ3n) is 3.96. The van der Waals surface area contributed by atoms with Crippen molar-refractivity contribution in [1.82, 2.24) is 13.6 Å². The van der Waals surface area contributed by atoms with Crippen LogP contribution < -0.4 is 0 Å². The molecule has 1 aliphatic heterocycles. The van der Waals surface area contributed by atoms with Crippen LogP contribution in [0.1, 0.15) is 18.2 Å². The van der Waals surface area contributed by atoms with Crippen molar-refractivity contribution in [3.63, 3.8) is 0 Å². The van der Waals surface area contributed by atoms with Crippen LogP contribution in [0.3, 0.4) is 0 Å². The summed E-state index contributed by atoms with van der Waals surface area (Å²) >= 11 is 0. The molecule has 0 unspecified atom stereocenters. The molecule has 108 valence electrons. The first-order valence-electron chi connectivity index (χ1n) is 6.69. The van der Waals surface area contributed by atoms with Gasteiger partial charge in [-0.3, -0.25) is 0 Å². The van der Waals surface area contributed by atoms with Crippen molar-refractivity contribution < 1.29 is 8.42 Å². The predicted octanol–water partition coefficient (Wildman–Crippen LogP) is 1.72. The van der Waals surface area contributed by atoms with E-state index in [0.29, 0.717) is 6.54 Å². The number of aromatic nitrogens is 1. The molecule has 0 spiro atoms. The van der Waals surface area contributed by atoms with E-state index in [-0.39, 0.29) is 6.04 Å². The molecule has 1 aromatic heterocycles. The summed E-state index contributed by atoms with van der Waals surface area (Å²) in [6.45, 7) is 2.37. The van der Waals surface area contributed by atoms with Crippen molar-refractivity contribution in [1.29, 1.82) is 0 Å². The normalized spacial score (nSPS) is 20.5. The first-order valence-corrected chi connectivity index (χ1v) is 8.08. The number of para-hydroxylation sites is 1. The van der Waals surface area contributed by atoms with Gasteiger partial charge in [0.05, 0.1) is 6.54 Å². The zero-order valence-electron chi connectivity index (χ0n) is 11.9. The Morgan fingerprint density at radius 3 is 2.70 bits per heavy atom. The van der Waals surface area contributed by atoms with Crippen molar-refractivity contribution in [3.05, 3.63) is 35.5 Å². The van der Waals surface area contributed by atoms with Crippen molar-refractivity contribution in [2.24, 2.45) is 0 Å². The predicted molar refractivity (Wildman–Crippen MR) is 79.6 cm³/mol. The number of hydrogen-bond donors (Lipinski definition) is 1. The molecule has 20 heavy (non-hydrogen) atoms. The molecule has 0 radical (unpaired) electrons. The van der Waals surface area contributed by atoms with Crippen LogP contribution in [-0.4, -0.2) is 42.1 Å². The lowest BCUT2D eigenvalue weighted by Crippen LogP contribution is -2.47. The molecule has 1 N–H and O–H groups in total. The van der Waals surface area contributed by atoms with Gasteiger partial charge in [0.1, 0.15) is 0 Å². The van der Waals surface area contributed by atoms with Crippen molar-refractivity contribution >= 4 is 21.1 Å². The third kappa shape index (κ3) is 1.95. The fourth-order valence-electron chi connectivity index (χ4n) is 2.85. The van der Waals surface area contributed by atoms with E-state index in [4.69, 9.17) is 0 Å². The molecule has 2 aromatic rings. The van der Waals surface area contributed by atoms with Gasteiger partial charge in [0, 0.05) is 36.7 Å². The Bertz CT molecular complexity index is 749. The maximum absolute atomic E-state index is 12.4.